The van der Waals surface area contributed by atoms with Crippen molar-refractivity contribution in [3.8, 4) is 0 Å². The molecule has 3 N–H and O–H groups in total. The Bertz CT molecular complexity index is 956. The second-order valence-electron chi connectivity index (χ2n) is 5.55. The Morgan fingerprint density at radius 1 is 1.30 bits per heavy atom. The van der Waals surface area contributed by atoms with E-state index in [0.29, 0.717) is 33.8 Å². The molecule has 3 aromatic rings. The summed E-state index contributed by atoms with van der Waals surface area (Å²) in [6.45, 7) is 0.497. The number of nitrogens with zero attached hydrogens (tertiary/aromatic N) is 4. The third-order valence-electron chi connectivity index (χ3n) is 3.71. The van der Waals surface area contributed by atoms with Gasteiger partial charge in [0.15, 0.2) is 5.82 Å². The predicted molar refractivity (Wildman–Crippen MR) is 103 cm³/mol. The second-order valence-corrected chi connectivity index (χ2v) is 6.36. The SMILES string of the molecule is COCc1ncc(C(=O)Nc2ccnn2Cc2c(Cl)cccc2Cl)c(N)n1. The molecule has 0 saturated carbocycles. The molecule has 27 heavy (non-hydrogen) atoms. The number of hydrogen-bond donors (Lipinski definition) is 2. The molecule has 0 aliphatic heterocycles. The summed E-state index contributed by atoms with van der Waals surface area (Å²) < 4.78 is 6.52. The van der Waals surface area contributed by atoms with E-state index >= 15 is 0 Å². The van der Waals surface area contributed by atoms with Gasteiger partial charge in [0.1, 0.15) is 23.8 Å². The molecule has 0 unspecified atom stereocenters. The van der Waals surface area contributed by atoms with Gasteiger partial charge in [0.2, 0.25) is 0 Å². The second kappa shape index (κ2) is 8.34. The maximum Gasteiger partial charge on any atom is 0.262 e. The summed E-state index contributed by atoms with van der Waals surface area (Å²) in [7, 11) is 1.52. The van der Waals surface area contributed by atoms with Crippen molar-refractivity contribution in [2.24, 2.45) is 0 Å². The van der Waals surface area contributed by atoms with Crippen molar-refractivity contribution in [2.45, 2.75) is 13.2 Å². The minimum absolute atomic E-state index is 0.0646. The number of nitrogen functional groups attached to an aromatic ring is 1. The topological polar surface area (TPSA) is 108 Å². The van der Waals surface area contributed by atoms with Gasteiger partial charge in [0.05, 0.1) is 12.7 Å². The van der Waals surface area contributed by atoms with Gasteiger partial charge in [-0.05, 0) is 12.1 Å². The van der Waals surface area contributed by atoms with Gasteiger partial charge in [0, 0.05) is 35.0 Å². The van der Waals surface area contributed by atoms with Gasteiger partial charge < -0.3 is 15.8 Å². The fourth-order valence-electron chi connectivity index (χ4n) is 2.39. The smallest absolute Gasteiger partial charge is 0.262 e. The molecule has 2 heterocycles. The zero-order chi connectivity index (χ0) is 19.4. The van der Waals surface area contributed by atoms with Crippen molar-refractivity contribution < 1.29 is 9.53 Å². The lowest BCUT2D eigenvalue weighted by atomic mass is 10.2. The van der Waals surface area contributed by atoms with Crippen LogP contribution in [0.3, 0.4) is 0 Å². The molecule has 140 valence electrons. The van der Waals surface area contributed by atoms with E-state index in [9.17, 15) is 4.79 Å². The third-order valence-corrected chi connectivity index (χ3v) is 4.42. The highest BCUT2D eigenvalue weighted by molar-refractivity contribution is 6.36. The minimum Gasteiger partial charge on any atom is -0.383 e. The number of nitrogens with two attached hydrogens (primary N) is 1. The molecule has 0 bridgehead atoms. The number of ether oxygens (including phenoxy) is 1. The quantitative estimate of drug-likeness (QED) is 0.651. The van der Waals surface area contributed by atoms with Crippen LogP contribution in [-0.2, 0) is 17.9 Å². The summed E-state index contributed by atoms with van der Waals surface area (Å²) in [5.41, 5.74) is 6.71. The van der Waals surface area contributed by atoms with Crippen LogP contribution >= 0.6 is 23.2 Å². The van der Waals surface area contributed by atoms with E-state index in [1.165, 1.54) is 13.3 Å². The summed E-state index contributed by atoms with van der Waals surface area (Å²) in [5.74, 6) is 0.458. The van der Waals surface area contributed by atoms with Crippen molar-refractivity contribution in [1.82, 2.24) is 19.7 Å². The molecule has 0 aliphatic rings. The van der Waals surface area contributed by atoms with E-state index in [4.69, 9.17) is 33.7 Å². The van der Waals surface area contributed by atoms with Crippen LogP contribution < -0.4 is 11.1 Å². The number of hydrogen-bond acceptors (Lipinski definition) is 6. The molecule has 0 fully saturated rings. The Kier molecular flexibility index (Phi) is 5.90. The molecular formula is C17H16Cl2N6O2. The highest BCUT2D eigenvalue weighted by atomic mass is 35.5. The summed E-state index contributed by atoms with van der Waals surface area (Å²) in [4.78, 5) is 20.7. The van der Waals surface area contributed by atoms with Crippen LogP contribution in [0.25, 0.3) is 0 Å². The molecule has 0 saturated heterocycles. The molecule has 8 nitrogen and oxygen atoms in total. The highest BCUT2D eigenvalue weighted by Gasteiger charge is 2.16. The van der Waals surface area contributed by atoms with E-state index in [1.807, 2.05) is 0 Å². The first kappa shape index (κ1) is 19.1. The molecule has 1 aromatic carbocycles. The molecular weight excluding hydrogens is 391 g/mol. The number of aromatic nitrogens is 4. The molecule has 2 aromatic heterocycles. The van der Waals surface area contributed by atoms with Gasteiger partial charge in [-0.25, -0.2) is 14.6 Å². The van der Waals surface area contributed by atoms with Gasteiger partial charge in [-0.2, -0.15) is 5.10 Å². The first-order valence-electron chi connectivity index (χ1n) is 7.86. The van der Waals surface area contributed by atoms with Gasteiger partial charge in [-0.15, -0.1) is 0 Å². The average molecular weight is 407 g/mol. The Labute approximate surface area is 165 Å². The van der Waals surface area contributed by atoms with E-state index < -0.39 is 5.91 Å². The number of benzene rings is 1. The molecule has 0 radical (unpaired) electrons. The van der Waals surface area contributed by atoms with Gasteiger partial charge in [-0.1, -0.05) is 29.3 Å². The maximum atomic E-state index is 12.5. The Balaban J connectivity index is 1.79. The van der Waals surface area contributed by atoms with Gasteiger partial charge in [0.25, 0.3) is 5.91 Å². The molecule has 10 heteroatoms. The summed E-state index contributed by atoms with van der Waals surface area (Å²) in [6.07, 6.45) is 2.92. The molecule has 0 atom stereocenters. The molecule has 0 spiro atoms. The lowest BCUT2D eigenvalue weighted by molar-refractivity contribution is 0.102. The lowest BCUT2D eigenvalue weighted by Crippen LogP contribution is -2.19. The number of carbonyl (C=O) groups is 1. The Morgan fingerprint density at radius 3 is 2.70 bits per heavy atom. The number of carbonyl (C=O) groups excluding carboxylic acids is 1. The lowest BCUT2D eigenvalue weighted by Gasteiger charge is -2.12. The maximum absolute atomic E-state index is 12.5. The van der Waals surface area contributed by atoms with E-state index in [1.54, 1.807) is 35.1 Å². The van der Waals surface area contributed by atoms with Crippen LogP contribution in [0, 0.1) is 0 Å². The van der Waals surface area contributed by atoms with Crippen molar-refractivity contribution in [2.75, 3.05) is 18.2 Å². The van der Waals surface area contributed by atoms with Crippen LogP contribution in [-0.4, -0.2) is 32.8 Å². The largest absolute Gasteiger partial charge is 0.383 e. The fourth-order valence-corrected chi connectivity index (χ4v) is 2.91. The zero-order valence-electron chi connectivity index (χ0n) is 14.3. The number of halogens is 2. The monoisotopic (exact) mass is 406 g/mol. The molecule has 0 aliphatic carbocycles. The van der Waals surface area contributed by atoms with Crippen LogP contribution in [0.2, 0.25) is 10.0 Å². The standard InChI is InChI=1S/C17H16Cl2N6O2/c1-27-9-14-21-7-10(16(20)23-14)17(26)24-15-5-6-22-25(15)8-11-12(18)3-2-4-13(11)19/h2-7H,8-9H2,1H3,(H,24,26)(H2,20,21,23). The first-order valence-corrected chi connectivity index (χ1v) is 8.61. The number of nitrogens with one attached hydrogen (secondary N) is 1. The number of methoxy groups -OCH3 is 1. The van der Waals surface area contributed by atoms with Crippen LogP contribution in [0.5, 0.6) is 0 Å². The van der Waals surface area contributed by atoms with Crippen LogP contribution in [0.4, 0.5) is 11.6 Å². The zero-order valence-corrected chi connectivity index (χ0v) is 15.8. The first-order chi connectivity index (χ1) is 13.0. The highest BCUT2D eigenvalue weighted by Crippen LogP contribution is 2.26. The van der Waals surface area contributed by atoms with Crippen molar-refractivity contribution in [3.63, 3.8) is 0 Å². The minimum atomic E-state index is -0.455. The average Bonchev–Trinajstić information content (AvgIpc) is 3.05. The normalized spacial score (nSPS) is 10.8. The number of amides is 1. The van der Waals surface area contributed by atoms with Gasteiger partial charge in [-0.3, -0.25) is 4.79 Å². The summed E-state index contributed by atoms with van der Waals surface area (Å²) in [6, 6.07) is 6.89. The van der Waals surface area contributed by atoms with Gasteiger partial charge >= 0.3 is 0 Å². The van der Waals surface area contributed by atoms with Crippen molar-refractivity contribution >= 4 is 40.7 Å². The Morgan fingerprint density at radius 2 is 2.04 bits per heavy atom. The number of rotatable bonds is 6. The Hall–Kier alpha value is -2.68. The van der Waals surface area contributed by atoms with E-state index in [-0.39, 0.29) is 18.0 Å². The third kappa shape index (κ3) is 4.36. The summed E-state index contributed by atoms with van der Waals surface area (Å²) in [5, 5.41) is 7.98. The fraction of sp³-hybridized carbons (Fsp3) is 0.176. The molecule has 1 amide bonds. The van der Waals surface area contributed by atoms with Crippen molar-refractivity contribution in [1.29, 1.82) is 0 Å². The molecule has 3 rings (SSSR count). The number of anilines is 2. The van der Waals surface area contributed by atoms with Crippen molar-refractivity contribution in [3.05, 3.63) is 63.7 Å². The van der Waals surface area contributed by atoms with E-state index in [2.05, 4.69) is 20.4 Å². The van der Waals surface area contributed by atoms with E-state index in [0.717, 1.165) is 0 Å². The van der Waals surface area contributed by atoms with Crippen LogP contribution in [0.1, 0.15) is 21.7 Å². The summed E-state index contributed by atoms with van der Waals surface area (Å²) >= 11 is 12.4. The van der Waals surface area contributed by atoms with Crippen LogP contribution in [0.15, 0.2) is 36.7 Å². The predicted octanol–water partition coefficient (Wildman–Crippen LogP) is 3.01.